The van der Waals surface area contributed by atoms with E-state index in [9.17, 15) is 0 Å². The molecule has 1 atom stereocenters. The molecule has 0 radical (unpaired) electrons. The van der Waals surface area contributed by atoms with Crippen LogP contribution < -0.4 is 11.1 Å². The van der Waals surface area contributed by atoms with E-state index in [-0.39, 0.29) is 0 Å². The Balaban J connectivity index is 1.73. The molecule has 0 aliphatic carbocycles. The van der Waals surface area contributed by atoms with Crippen molar-refractivity contribution in [2.75, 3.05) is 19.6 Å². The Bertz CT molecular complexity index is 341. The molecule has 0 saturated carbocycles. The van der Waals surface area contributed by atoms with Gasteiger partial charge in [-0.05, 0) is 6.42 Å². The maximum atomic E-state index is 5.68. The van der Waals surface area contributed by atoms with E-state index in [1.807, 2.05) is 0 Å². The average molecular weight is 381 g/mol. The first kappa shape index (κ1) is 24.6. The molecule has 0 aromatic heterocycles. The highest BCUT2D eigenvalue weighted by molar-refractivity contribution is 5.55. The normalized spacial score (nSPS) is 16.8. The maximum Gasteiger partial charge on any atom is 0.206 e. The molecule has 0 amide bonds. The Hall–Kier alpha value is -0.410. The SMILES string of the molecule is CCCCCCCCCCCCCCCCCCCC1NCC=[N+]1CCN. The number of hydrogen-bond donors (Lipinski definition) is 2. The summed E-state index contributed by atoms with van der Waals surface area (Å²) in [4.78, 5) is 0. The van der Waals surface area contributed by atoms with Crippen molar-refractivity contribution in [3.63, 3.8) is 0 Å². The number of unbranched alkanes of at least 4 members (excludes halogenated alkanes) is 16. The first-order chi connectivity index (χ1) is 13.4. The second-order valence-electron chi connectivity index (χ2n) is 8.58. The van der Waals surface area contributed by atoms with Gasteiger partial charge in [-0.2, -0.15) is 0 Å². The van der Waals surface area contributed by atoms with Crippen molar-refractivity contribution >= 4 is 6.21 Å². The highest BCUT2D eigenvalue weighted by Crippen LogP contribution is 2.15. The zero-order valence-electron chi connectivity index (χ0n) is 18.5. The van der Waals surface area contributed by atoms with Gasteiger partial charge >= 0.3 is 0 Å². The van der Waals surface area contributed by atoms with Crippen LogP contribution >= 0.6 is 0 Å². The van der Waals surface area contributed by atoms with E-state index in [4.69, 9.17) is 5.73 Å². The summed E-state index contributed by atoms with van der Waals surface area (Å²) in [5, 5.41) is 3.56. The predicted octanol–water partition coefficient (Wildman–Crippen LogP) is 6.00. The topological polar surface area (TPSA) is 41.1 Å². The second-order valence-corrected chi connectivity index (χ2v) is 8.58. The van der Waals surface area contributed by atoms with Gasteiger partial charge in [-0.15, -0.1) is 0 Å². The molecule has 0 aromatic rings. The van der Waals surface area contributed by atoms with Crippen molar-refractivity contribution in [1.82, 2.24) is 5.32 Å². The van der Waals surface area contributed by atoms with Crippen LogP contribution in [0.15, 0.2) is 0 Å². The molecule has 160 valence electrons. The summed E-state index contributed by atoms with van der Waals surface area (Å²) in [5.41, 5.74) is 5.68. The van der Waals surface area contributed by atoms with Crippen LogP contribution in [0.5, 0.6) is 0 Å². The molecule has 3 heteroatoms. The fraction of sp³-hybridized carbons (Fsp3) is 0.958. The number of nitrogens with one attached hydrogen (secondary N) is 1. The van der Waals surface area contributed by atoms with E-state index in [0.717, 1.165) is 19.6 Å². The van der Waals surface area contributed by atoms with Crippen LogP contribution in [0.3, 0.4) is 0 Å². The summed E-state index contributed by atoms with van der Waals surface area (Å²) in [5.74, 6) is 0. The zero-order chi connectivity index (χ0) is 19.4. The van der Waals surface area contributed by atoms with Gasteiger partial charge in [0.05, 0.1) is 13.1 Å². The molecule has 1 heterocycles. The lowest BCUT2D eigenvalue weighted by molar-refractivity contribution is -0.557. The van der Waals surface area contributed by atoms with Gasteiger partial charge in [-0.25, -0.2) is 9.89 Å². The molecule has 27 heavy (non-hydrogen) atoms. The molecule has 0 spiro atoms. The molecule has 0 fully saturated rings. The van der Waals surface area contributed by atoms with Gasteiger partial charge in [0.1, 0.15) is 0 Å². The fourth-order valence-corrected chi connectivity index (χ4v) is 4.28. The van der Waals surface area contributed by atoms with Crippen LogP contribution in [-0.4, -0.2) is 36.6 Å². The molecule has 1 rings (SSSR count). The average Bonchev–Trinajstić information content (AvgIpc) is 3.11. The van der Waals surface area contributed by atoms with Crippen molar-refractivity contribution in [1.29, 1.82) is 0 Å². The summed E-state index contributed by atoms with van der Waals surface area (Å²) >= 11 is 0. The van der Waals surface area contributed by atoms with Crippen LogP contribution in [0.4, 0.5) is 0 Å². The fourth-order valence-electron chi connectivity index (χ4n) is 4.28. The Morgan fingerprint density at radius 3 is 1.63 bits per heavy atom. The van der Waals surface area contributed by atoms with Crippen molar-refractivity contribution in [2.24, 2.45) is 5.73 Å². The van der Waals surface area contributed by atoms with E-state index in [0.29, 0.717) is 6.17 Å². The molecule has 3 nitrogen and oxygen atoms in total. The van der Waals surface area contributed by atoms with Crippen LogP contribution in [0.1, 0.15) is 122 Å². The van der Waals surface area contributed by atoms with Gasteiger partial charge in [-0.1, -0.05) is 110 Å². The summed E-state index contributed by atoms with van der Waals surface area (Å²) in [6.07, 6.45) is 28.6. The van der Waals surface area contributed by atoms with Crippen LogP contribution in [0, 0.1) is 0 Å². The quantitative estimate of drug-likeness (QED) is 0.201. The second kappa shape index (κ2) is 18.9. The smallest absolute Gasteiger partial charge is 0.206 e. The molecule has 0 bridgehead atoms. The van der Waals surface area contributed by atoms with E-state index in [2.05, 4.69) is 23.0 Å². The van der Waals surface area contributed by atoms with Crippen LogP contribution in [0.25, 0.3) is 0 Å². The monoisotopic (exact) mass is 380 g/mol. The van der Waals surface area contributed by atoms with Gasteiger partial charge in [0.15, 0.2) is 12.8 Å². The minimum atomic E-state index is 0.546. The number of rotatable bonds is 20. The standard InChI is InChI=1S/C24H50N3/c1-2-3-4-5-6-7-8-9-10-11-12-13-14-15-16-17-18-19-24-26-21-23-27(24)22-20-25/h23-24,26H,2-22,25H2,1H3/q+1. The van der Waals surface area contributed by atoms with E-state index >= 15 is 0 Å². The molecular weight excluding hydrogens is 330 g/mol. The number of nitrogens with zero attached hydrogens (tertiary/aromatic N) is 1. The molecule has 0 saturated heterocycles. The Labute approximate surface area is 170 Å². The highest BCUT2D eigenvalue weighted by atomic mass is 15.2. The largest absolute Gasteiger partial charge is 0.325 e. The molecule has 0 aromatic carbocycles. The van der Waals surface area contributed by atoms with E-state index in [1.54, 1.807) is 0 Å². The highest BCUT2D eigenvalue weighted by Gasteiger charge is 2.23. The maximum absolute atomic E-state index is 5.68. The summed E-state index contributed by atoms with van der Waals surface area (Å²) in [6, 6.07) is 0. The summed E-state index contributed by atoms with van der Waals surface area (Å²) < 4.78 is 2.40. The number of hydrogen-bond acceptors (Lipinski definition) is 2. The molecule has 1 unspecified atom stereocenters. The Kier molecular flexibility index (Phi) is 17.3. The third-order valence-electron chi connectivity index (χ3n) is 6.05. The van der Waals surface area contributed by atoms with E-state index in [1.165, 1.54) is 116 Å². The molecular formula is C24H50N3+. The molecule has 1 aliphatic rings. The minimum Gasteiger partial charge on any atom is -0.325 e. The van der Waals surface area contributed by atoms with Crippen LogP contribution in [0.2, 0.25) is 0 Å². The summed E-state index contributed by atoms with van der Waals surface area (Å²) in [7, 11) is 0. The van der Waals surface area contributed by atoms with Crippen molar-refractivity contribution in [2.45, 2.75) is 129 Å². The van der Waals surface area contributed by atoms with Gasteiger partial charge < -0.3 is 5.73 Å². The summed E-state index contributed by atoms with van der Waals surface area (Å²) in [6.45, 7) is 5.07. The Morgan fingerprint density at radius 1 is 0.741 bits per heavy atom. The number of nitrogens with two attached hydrogens (primary N) is 1. The first-order valence-electron chi connectivity index (χ1n) is 12.4. The van der Waals surface area contributed by atoms with Gasteiger partial charge in [0, 0.05) is 6.42 Å². The lowest BCUT2D eigenvalue weighted by Crippen LogP contribution is -2.35. The first-order valence-corrected chi connectivity index (χ1v) is 12.4. The van der Waals surface area contributed by atoms with Crippen molar-refractivity contribution in [3.05, 3.63) is 0 Å². The van der Waals surface area contributed by atoms with Crippen molar-refractivity contribution in [3.8, 4) is 0 Å². The van der Waals surface area contributed by atoms with Crippen LogP contribution in [-0.2, 0) is 0 Å². The van der Waals surface area contributed by atoms with E-state index < -0.39 is 0 Å². The zero-order valence-corrected chi connectivity index (χ0v) is 18.5. The molecule has 3 N–H and O–H groups in total. The molecule has 1 aliphatic heterocycles. The van der Waals surface area contributed by atoms with Gasteiger partial charge in [0.2, 0.25) is 6.17 Å². The lowest BCUT2D eigenvalue weighted by atomic mass is 10.0. The van der Waals surface area contributed by atoms with Crippen molar-refractivity contribution < 1.29 is 4.58 Å². The Morgan fingerprint density at radius 2 is 1.19 bits per heavy atom. The lowest BCUT2D eigenvalue weighted by Gasteiger charge is -2.10. The third kappa shape index (κ3) is 14.3. The minimum absolute atomic E-state index is 0.546. The predicted molar refractivity (Wildman–Crippen MR) is 121 cm³/mol. The third-order valence-corrected chi connectivity index (χ3v) is 6.05. The van der Waals surface area contributed by atoms with Gasteiger partial charge in [-0.3, -0.25) is 0 Å². The van der Waals surface area contributed by atoms with Gasteiger partial charge in [0.25, 0.3) is 0 Å².